The Kier molecular flexibility index (Phi) is 5.66. The molecule has 6 heteroatoms. The first-order valence-electron chi connectivity index (χ1n) is 8.36. The van der Waals surface area contributed by atoms with Crippen molar-refractivity contribution in [1.82, 2.24) is 15.2 Å². The summed E-state index contributed by atoms with van der Waals surface area (Å²) in [6.45, 7) is 1.25. The molecule has 1 saturated heterocycles. The lowest BCUT2D eigenvalue weighted by Crippen LogP contribution is -2.47. The van der Waals surface area contributed by atoms with Gasteiger partial charge in [0.25, 0.3) is 5.91 Å². The Hall–Kier alpha value is -2.40. The number of hydrogen-bond donors (Lipinski definition) is 1. The fourth-order valence-electron chi connectivity index (χ4n) is 2.94. The average Bonchev–Trinajstić information content (AvgIpc) is 2.64. The van der Waals surface area contributed by atoms with E-state index in [2.05, 4.69) is 10.3 Å². The van der Waals surface area contributed by atoms with E-state index >= 15 is 0 Å². The van der Waals surface area contributed by atoms with Gasteiger partial charge < -0.3 is 10.2 Å². The molecule has 2 amide bonds. The first-order valence-corrected chi connectivity index (χ1v) is 8.74. The molecule has 0 bridgehead atoms. The number of carbonyl (C=O) groups excluding carboxylic acids is 2. The summed E-state index contributed by atoms with van der Waals surface area (Å²) in [6, 6.07) is 12.7. The van der Waals surface area contributed by atoms with Crippen LogP contribution in [0.4, 0.5) is 0 Å². The van der Waals surface area contributed by atoms with Crippen LogP contribution in [0, 0.1) is 0 Å². The molecule has 0 saturated carbocycles. The third-order valence-corrected chi connectivity index (χ3v) is 4.56. The topological polar surface area (TPSA) is 62.3 Å². The highest BCUT2D eigenvalue weighted by atomic mass is 35.5. The van der Waals surface area contributed by atoms with Crippen molar-refractivity contribution in [2.45, 2.75) is 25.3 Å². The summed E-state index contributed by atoms with van der Waals surface area (Å²) in [5.41, 5.74) is 1.40. The van der Waals surface area contributed by atoms with Crippen molar-refractivity contribution in [3.8, 4) is 0 Å². The van der Waals surface area contributed by atoms with Crippen LogP contribution in [0.2, 0.25) is 5.02 Å². The zero-order chi connectivity index (χ0) is 17.6. The summed E-state index contributed by atoms with van der Waals surface area (Å²) >= 11 is 5.85. The smallest absolute Gasteiger partial charge is 0.272 e. The Balaban J connectivity index is 1.46. The highest BCUT2D eigenvalue weighted by molar-refractivity contribution is 6.30. The van der Waals surface area contributed by atoms with Gasteiger partial charge in [-0.05, 0) is 42.7 Å². The van der Waals surface area contributed by atoms with Gasteiger partial charge in [-0.15, -0.1) is 0 Å². The zero-order valence-electron chi connectivity index (χ0n) is 13.8. The van der Waals surface area contributed by atoms with Crippen LogP contribution < -0.4 is 5.32 Å². The first kappa shape index (κ1) is 17.4. The standard InChI is InChI=1S/C19H20ClN3O2/c20-15-6-4-14(5-7-15)13-18(24)22-16-8-11-23(12-9-16)19(25)17-3-1-2-10-21-17/h1-7,10,16H,8-9,11-13H2,(H,22,24). The molecular formula is C19H20ClN3O2. The van der Waals surface area contributed by atoms with Crippen molar-refractivity contribution in [2.75, 3.05) is 13.1 Å². The second-order valence-corrected chi connectivity index (χ2v) is 6.59. The highest BCUT2D eigenvalue weighted by Gasteiger charge is 2.25. The number of carbonyl (C=O) groups is 2. The minimum absolute atomic E-state index is 0.00294. The summed E-state index contributed by atoms with van der Waals surface area (Å²) in [4.78, 5) is 30.4. The number of pyridine rings is 1. The maximum atomic E-state index is 12.4. The van der Waals surface area contributed by atoms with Gasteiger partial charge in [-0.3, -0.25) is 14.6 Å². The third-order valence-electron chi connectivity index (χ3n) is 4.31. The van der Waals surface area contributed by atoms with Crippen molar-refractivity contribution in [2.24, 2.45) is 0 Å². The largest absolute Gasteiger partial charge is 0.353 e. The third kappa shape index (κ3) is 4.79. The number of nitrogens with one attached hydrogen (secondary N) is 1. The van der Waals surface area contributed by atoms with Crippen LogP contribution in [0.25, 0.3) is 0 Å². The number of hydrogen-bond acceptors (Lipinski definition) is 3. The van der Waals surface area contributed by atoms with Crippen LogP contribution in [0.5, 0.6) is 0 Å². The SMILES string of the molecule is O=C(Cc1ccc(Cl)cc1)NC1CCN(C(=O)c2ccccn2)CC1. The van der Waals surface area contributed by atoms with Crippen molar-refractivity contribution in [3.05, 3.63) is 64.9 Å². The lowest BCUT2D eigenvalue weighted by molar-refractivity contribution is -0.121. The molecule has 3 rings (SSSR count). The molecule has 130 valence electrons. The molecule has 1 aromatic heterocycles. The molecule has 2 heterocycles. The van der Waals surface area contributed by atoms with E-state index < -0.39 is 0 Å². The Morgan fingerprint density at radius 2 is 1.84 bits per heavy atom. The second-order valence-electron chi connectivity index (χ2n) is 6.15. The van der Waals surface area contributed by atoms with Gasteiger partial charge in [-0.25, -0.2) is 0 Å². The lowest BCUT2D eigenvalue weighted by Gasteiger charge is -2.32. The van der Waals surface area contributed by atoms with E-state index in [1.807, 2.05) is 18.2 Å². The number of halogens is 1. The molecule has 0 unspecified atom stereocenters. The van der Waals surface area contributed by atoms with E-state index in [9.17, 15) is 9.59 Å². The maximum Gasteiger partial charge on any atom is 0.272 e. The predicted molar refractivity (Wildman–Crippen MR) is 96.5 cm³/mol. The molecule has 0 spiro atoms. The number of likely N-dealkylation sites (tertiary alicyclic amines) is 1. The second kappa shape index (κ2) is 8.12. The van der Waals surface area contributed by atoms with E-state index in [4.69, 9.17) is 11.6 Å². The van der Waals surface area contributed by atoms with E-state index in [0.29, 0.717) is 30.2 Å². The summed E-state index contributed by atoms with van der Waals surface area (Å²) in [5.74, 6) is -0.0524. The molecule has 5 nitrogen and oxygen atoms in total. The van der Waals surface area contributed by atoms with Crippen molar-refractivity contribution in [1.29, 1.82) is 0 Å². The lowest BCUT2D eigenvalue weighted by atomic mass is 10.0. The Bertz CT molecular complexity index is 726. The number of aromatic nitrogens is 1. The van der Waals surface area contributed by atoms with Gasteiger partial charge in [0, 0.05) is 30.4 Å². The number of nitrogens with zero attached hydrogens (tertiary/aromatic N) is 2. The van der Waals surface area contributed by atoms with Gasteiger partial charge >= 0.3 is 0 Å². The van der Waals surface area contributed by atoms with Crippen molar-refractivity contribution in [3.63, 3.8) is 0 Å². The molecule has 1 aliphatic rings. The number of benzene rings is 1. The van der Waals surface area contributed by atoms with Crippen molar-refractivity contribution >= 4 is 23.4 Å². The van der Waals surface area contributed by atoms with Gasteiger partial charge in [0.2, 0.25) is 5.91 Å². The van der Waals surface area contributed by atoms with E-state index in [1.165, 1.54) is 0 Å². The van der Waals surface area contributed by atoms with Gasteiger partial charge in [0.05, 0.1) is 6.42 Å². The maximum absolute atomic E-state index is 12.4. The molecule has 2 aromatic rings. The summed E-state index contributed by atoms with van der Waals surface area (Å²) in [7, 11) is 0. The summed E-state index contributed by atoms with van der Waals surface area (Å²) in [6.07, 6.45) is 3.47. The monoisotopic (exact) mass is 357 g/mol. The predicted octanol–water partition coefficient (Wildman–Crippen LogP) is 2.70. The molecule has 1 aromatic carbocycles. The van der Waals surface area contributed by atoms with E-state index in [1.54, 1.807) is 35.4 Å². The molecular weight excluding hydrogens is 338 g/mol. The summed E-state index contributed by atoms with van der Waals surface area (Å²) in [5, 5.41) is 3.72. The van der Waals surface area contributed by atoms with E-state index in [-0.39, 0.29) is 17.9 Å². The zero-order valence-corrected chi connectivity index (χ0v) is 14.6. The summed E-state index contributed by atoms with van der Waals surface area (Å²) < 4.78 is 0. The highest BCUT2D eigenvalue weighted by Crippen LogP contribution is 2.14. The van der Waals surface area contributed by atoms with Gasteiger partial charge in [0.15, 0.2) is 0 Å². The molecule has 0 aliphatic carbocycles. The normalized spacial score (nSPS) is 15.0. The molecule has 1 N–H and O–H groups in total. The minimum atomic E-state index is -0.0495. The van der Waals surface area contributed by atoms with Crippen LogP contribution in [-0.4, -0.2) is 40.8 Å². The molecule has 25 heavy (non-hydrogen) atoms. The fourth-order valence-corrected chi connectivity index (χ4v) is 3.07. The number of amides is 2. The average molecular weight is 358 g/mol. The van der Waals surface area contributed by atoms with Crippen molar-refractivity contribution < 1.29 is 9.59 Å². The minimum Gasteiger partial charge on any atom is -0.353 e. The molecule has 0 radical (unpaired) electrons. The van der Waals surface area contributed by atoms with Gasteiger partial charge in [-0.2, -0.15) is 0 Å². The van der Waals surface area contributed by atoms with Crippen LogP contribution in [-0.2, 0) is 11.2 Å². The fraction of sp³-hybridized carbons (Fsp3) is 0.316. The number of rotatable bonds is 4. The number of piperidine rings is 1. The Labute approximate surface area is 152 Å². The van der Waals surface area contributed by atoms with Crippen LogP contribution >= 0.6 is 11.6 Å². The van der Waals surface area contributed by atoms with Gasteiger partial charge in [-0.1, -0.05) is 29.8 Å². The Morgan fingerprint density at radius 3 is 2.48 bits per heavy atom. The van der Waals surface area contributed by atoms with Crippen LogP contribution in [0.15, 0.2) is 48.7 Å². The molecule has 1 fully saturated rings. The molecule has 1 aliphatic heterocycles. The van der Waals surface area contributed by atoms with E-state index in [0.717, 1.165) is 18.4 Å². The van der Waals surface area contributed by atoms with Gasteiger partial charge in [0.1, 0.15) is 5.69 Å². The Morgan fingerprint density at radius 1 is 1.12 bits per heavy atom. The first-order chi connectivity index (χ1) is 12.1. The molecule has 0 atom stereocenters. The quantitative estimate of drug-likeness (QED) is 0.915. The van der Waals surface area contributed by atoms with Crippen LogP contribution in [0.1, 0.15) is 28.9 Å². The van der Waals surface area contributed by atoms with Crippen LogP contribution in [0.3, 0.4) is 0 Å².